The topological polar surface area (TPSA) is 67.9 Å². The summed E-state index contributed by atoms with van der Waals surface area (Å²) in [6.07, 6.45) is 3.17. The Balaban J connectivity index is 2.04. The molecule has 3 aromatic heterocycles. The Hall–Kier alpha value is -2.28. The van der Waals surface area contributed by atoms with Crippen LogP contribution in [0.1, 0.15) is 0 Å². The first-order valence-corrected chi connectivity index (χ1v) is 6.54. The molecule has 3 aromatic rings. The van der Waals surface area contributed by atoms with Crippen LogP contribution in [0, 0.1) is 0 Å². The van der Waals surface area contributed by atoms with E-state index >= 15 is 0 Å². The van der Waals surface area contributed by atoms with Crippen molar-refractivity contribution in [1.82, 2.24) is 20.1 Å². The van der Waals surface area contributed by atoms with Crippen molar-refractivity contribution in [3.05, 3.63) is 29.4 Å². The normalized spacial score (nSPS) is 10.6. The summed E-state index contributed by atoms with van der Waals surface area (Å²) in [5.74, 6) is 1.74. The Labute approximate surface area is 113 Å². The van der Waals surface area contributed by atoms with Crippen molar-refractivity contribution in [2.24, 2.45) is 0 Å². The van der Waals surface area contributed by atoms with Crippen LogP contribution in [0.4, 0.5) is 5.82 Å². The standard InChI is InChI=1S/C12H11N5OS/c1-17(2)11-9(5-13-7-14-11)12-15-10(16-18-12)8-3-4-19-6-8/h3-7H,1-2H3. The van der Waals surface area contributed by atoms with Gasteiger partial charge >= 0.3 is 0 Å². The van der Waals surface area contributed by atoms with Gasteiger partial charge in [0.1, 0.15) is 17.7 Å². The Bertz CT molecular complexity index is 677. The molecule has 0 saturated heterocycles. The van der Waals surface area contributed by atoms with Gasteiger partial charge in [0.25, 0.3) is 5.89 Å². The molecule has 0 bridgehead atoms. The average Bonchev–Trinajstić information content (AvgIpc) is 3.09. The van der Waals surface area contributed by atoms with E-state index in [9.17, 15) is 0 Å². The van der Waals surface area contributed by atoms with Crippen LogP contribution in [0.3, 0.4) is 0 Å². The van der Waals surface area contributed by atoms with Gasteiger partial charge in [0.2, 0.25) is 5.82 Å². The number of nitrogens with zero attached hydrogens (tertiary/aromatic N) is 5. The Morgan fingerprint density at radius 3 is 2.95 bits per heavy atom. The van der Waals surface area contributed by atoms with Crippen molar-refractivity contribution in [2.75, 3.05) is 19.0 Å². The molecule has 96 valence electrons. The molecule has 19 heavy (non-hydrogen) atoms. The van der Waals surface area contributed by atoms with Gasteiger partial charge in [0.05, 0.1) is 0 Å². The van der Waals surface area contributed by atoms with Crippen LogP contribution in [0.5, 0.6) is 0 Å². The summed E-state index contributed by atoms with van der Waals surface area (Å²) in [4.78, 5) is 14.5. The first-order valence-electron chi connectivity index (χ1n) is 5.59. The first kappa shape index (κ1) is 11.8. The minimum Gasteiger partial charge on any atom is -0.362 e. The number of aromatic nitrogens is 4. The summed E-state index contributed by atoms with van der Waals surface area (Å²) in [7, 11) is 3.81. The number of anilines is 1. The third-order valence-corrected chi connectivity index (χ3v) is 3.23. The highest BCUT2D eigenvalue weighted by Gasteiger charge is 2.16. The molecule has 0 aliphatic carbocycles. The lowest BCUT2D eigenvalue weighted by molar-refractivity contribution is 0.432. The number of hydrogen-bond acceptors (Lipinski definition) is 7. The molecule has 0 saturated carbocycles. The Kier molecular flexibility index (Phi) is 2.96. The van der Waals surface area contributed by atoms with Crippen molar-refractivity contribution in [3.8, 4) is 22.8 Å². The van der Waals surface area contributed by atoms with Gasteiger partial charge in [-0.1, -0.05) is 5.16 Å². The molecule has 0 aliphatic heterocycles. The van der Waals surface area contributed by atoms with Crippen LogP contribution in [-0.4, -0.2) is 34.2 Å². The summed E-state index contributed by atoms with van der Waals surface area (Å²) in [5.41, 5.74) is 1.67. The van der Waals surface area contributed by atoms with E-state index in [2.05, 4.69) is 20.1 Å². The first-order chi connectivity index (χ1) is 9.25. The molecule has 7 heteroatoms. The monoisotopic (exact) mass is 273 g/mol. The predicted octanol–water partition coefficient (Wildman–Crippen LogP) is 2.32. The molecule has 0 aliphatic rings. The van der Waals surface area contributed by atoms with Gasteiger partial charge in [-0.2, -0.15) is 16.3 Å². The number of hydrogen-bond donors (Lipinski definition) is 0. The van der Waals surface area contributed by atoms with E-state index in [1.54, 1.807) is 17.5 Å². The van der Waals surface area contributed by atoms with Gasteiger partial charge in [-0.05, 0) is 11.4 Å². The van der Waals surface area contributed by atoms with Crippen molar-refractivity contribution >= 4 is 17.2 Å². The van der Waals surface area contributed by atoms with E-state index in [1.807, 2.05) is 35.8 Å². The zero-order valence-corrected chi connectivity index (χ0v) is 11.3. The summed E-state index contributed by atoms with van der Waals surface area (Å²) >= 11 is 1.59. The predicted molar refractivity (Wildman–Crippen MR) is 73.0 cm³/mol. The van der Waals surface area contributed by atoms with Gasteiger partial charge in [-0.3, -0.25) is 0 Å². The molecule has 0 unspecified atom stereocenters. The fourth-order valence-corrected chi connectivity index (χ4v) is 2.31. The average molecular weight is 273 g/mol. The summed E-state index contributed by atoms with van der Waals surface area (Å²) < 4.78 is 5.30. The van der Waals surface area contributed by atoms with Crippen LogP contribution in [-0.2, 0) is 0 Å². The highest BCUT2D eigenvalue weighted by atomic mass is 32.1. The van der Waals surface area contributed by atoms with Gasteiger partial charge in [-0.25, -0.2) is 9.97 Å². The molecule has 6 nitrogen and oxygen atoms in total. The van der Waals surface area contributed by atoms with Gasteiger partial charge in [0, 0.05) is 31.2 Å². The highest BCUT2D eigenvalue weighted by molar-refractivity contribution is 7.08. The van der Waals surface area contributed by atoms with E-state index in [-0.39, 0.29) is 0 Å². The van der Waals surface area contributed by atoms with Gasteiger partial charge in [-0.15, -0.1) is 0 Å². The molecule has 0 radical (unpaired) electrons. The van der Waals surface area contributed by atoms with Gasteiger partial charge < -0.3 is 9.42 Å². The molecule has 0 atom stereocenters. The van der Waals surface area contributed by atoms with Crippen LogP contribution >= 0.6 is 11.3 Å². The maximum Gasteiger partial charge on any atom is 0.263 e. The SMILES string of the molecule is CN(C)c1ncncc1-c1nc(-c2ccsc2)no1. The summed E-state index contributed by atoms with van der Waals surface area (Å²) in [5, 5.41) is 7.93. The molecule has 0 aromatic carbocycles. The van der Waals surface area contributed by atoms with E-state index in [0.29, 0.717) is 11.7 Å². The van der Waals surface area contributed by atoms with Crippen LogP contribution < -0.4 is 4.90 Å². The van der Waals surface area contributed by atoms with Crippen LogP contribution in [0.15, 0.2) is 33.9 Å². The number of rotatable bonds is 3. The second-order valence-corrected chi connectivity index (χ2v) is 4.87. The molecular formula is C12H11N5OS. The summed E-state index contributed by atoms with van der Waals surface area (Å²) in [6.45, 7) is 0. The quantitative estimate of drug-likeness (QED) is 0.729. The maximum atomic E-state index is 5.30. The van der Waals surface area contributed by atoms with Crippen molar-refractivity contribution in [3.63, 3.8) is 0 Å². The highest BCUT2D eigenvalue weighted by Crippen LogP contribution is 2.27. The largest absolute Gasteiger partial charge is 0.362 e. The molecule has 0 fully saturated rings. The van der Waals surface area contributed by atoms with Crippen LogP contribution in [0.2, 0.25) is 0 Å². The van der Waals surface area contributed by atoms with E-state index in [4.69, 9.17) is 4.52 Å². The molecule has 0 N–H and O–H groups in total. The maximum absolute atomic E-state index is 5.30. The zero-order valence-electron chi connectivity index (χ0n) is 10.4. The molecule has 0 spiro atoms. The third kappa shape index (κ3) is 2.19. The smallest absolute Gasteiger partial charge is 0.263 e. The van der Waals surface area contributed by atoms with E-state index in [1.165, 1.54) is 6.33 Å². The second-order valence-electron chi connectivity index (χ2n) is 4.09. The van der Waals surface area contributed by atoms with Crippen molar-refractivity contribution in [1.29, 1.82) is 0 Å². The second kappa shape index (κ2) is 4.77. The lowest BCUT2D eigenvalue weighted by Crippen LogP contribution is -2.12. The number of thiophene rings is 1. The molecular weight excluding hydrogens is 262 g/mol. The Morgan fingerprint density at radius 1 is 1.32 bits per heavy atom. The fourth-order valence-electron chi connectivity index (χ4n) is 1.67. The fraction of sp³-hybridized carbons (Fsp3) is 0.167. The minimum atomic E-state index is 0.422. The van der Waals surface area contributed by atoms with Crippen molar-refractivity contribution < 1.29 is 4.52 Å². The molecule has 3 rings (SSSR count). The Morgan fingerprint density at radius 2 is 2.21 bits per heavy atom. The van der Waals surface area contributed by atoms with Crippen molar-refractivity contribution in [2.45, 2.75) is 0 Å². The third-order valence-electron chi connectivity index (χ3n) is 2.55. The molecule has 3 heterocycles. The molecule has 0 amide bonds. The van der Waals surface area contributed by atoms with E-state index in [0.717, 1.165) is 16.9 Å². The minimum absolute atomic E-state index is 0.422. The van der Waals surface area contributed by atoms with Crippen LogP contribution in [0.25, 0.3) is 22.8 Å². The van der Waals surface area contributed by atoms with Gasteiger partial charge in [0.15, 0.2) is 0 Å². The van der Waals surface area contributed by atoms with E-state index < -0.39 is 0 Å². The lowest BCUT2D eigenvalue weighted by Gasteiger charge is -2.12. The lowest BCUT2D eigenvalue weighted by atomic mass is 10.3. The summed E-state index contributed by atoms with van der Waals surface area (Å²) in [6, 6.07) is 1.95. The zero-order chi connectivity index (χ0) is 13.2.